The summed E-state index contributed by atoms with van der Waals surface area (Å²) < 4.78 is 25.7. The first-order valence-electron chi connectivity index (χ1n) is 5.17. The zero-order valence-electron chi connectivity index (χ0n) is 8.50. The molecule has 0 amide bonds. The zero-order chi connectivity index (χ0) is 10.6. The summed E-state index contributed by atoms with van der Waals surface area (Å²) in [4.78, 5) is 0.578. The van der Waals surface area contributed by atoms with Crippen LogP contribution in [0, 0.1) is 0 Å². The van der Waals surface area contributed by atoms with Gasteiger partial charge in [-0.2, -0.15) is 0 Å². The predicted molar refractivity (Wildman–Crippen MR) is 62.2 cm³/mol. The van der Waals surface area contributed by atoms with Gasteiger partial charge in [-0.25, -0.2) is 13.1 Å². The molecule has 1 fully saturated rings. The molecular formula is C9H18BrNO2S. The fraction of sp³-hybridized carbons (Fsp3) is 1.00. The van der Waals surface area contributed by atoms with Crippen molar-refractivity contribution in [1.29, 1.82) is 0 Å². The molecule has 0 aromatic carbocycles. The fourth-order valence-electron chi connectivity index (χ4n) is 1.75. The molecule has 0 bridgehead atoms. The number of halogens is 1. The van der Waals surface area contributed by atoms with Gasteiger partial charge in [-0.3, -0.25) is 0 Å². The van der Waals surface area contributed by atoms with Gasteiger partial charge in [-0.15, -0.1) is 0 Å². The van der Waals surface area contributed by atoms with E-state index in [0.29, 0.717) is 11.2 Å². The maximum absolute atomic E-state index is 11.5. The molecule has 14 heavy (non-hydrogen) atoms. The Labute approximate surface area is 94.8 Å². The van der Waals surface area contributed by atoms with Gasteiger partial charge in [-0.05, 0) is 32.1 Å². The first-order valence-corrected chi connectivity index (χ1v) is 7.74. The molecule has 1 aliphatic carbocycles. The summed E-state index contributed by atoms with van der Waals surface area (Å²) in [6.45, 7) is 1.88. The van der Waals surface area contributed by atoms with Crippen molar-refractivity contribution in [3.63, 3.8) is 0 Å². The maximum Gasteiger partial charge on any atom is 0.211 e. The normalized spacial score (nSPS) is 29.0. The van der Waals surface area contributed by atoms with Gasteiger partial charge in [-0.1, -0.05) is 22.9 Å². The molecule has 0 heterocycles. The lowest BCUT2D eigenvalue weighted by atomic mass is 9.96. The molecule has 1 N–H and O–H groups in total. The standard InChI is InChI=1S/C9H18BrNO2S/c1-2-7-14(12,13)11-9-5-3-8(10)4-6-9/h8-9,11H,2-7H2,1H3. The van der Waals surface area contributed by atoms with Crippen molar-refractivity contribution in [3.05, 3.63) is 0 Å². The highest BCUT2D eigenvalue weighted by Gasteiger charge is 2.22. The highest BCUT2D eigenvalue weighted by Crippen LogP contribution is 2.24. The van der Waals surface area contributed by atoms with E-state index in [2.05, 4.69) is 20.7 Å². The highest BCUT2D eigenvalue weighted by molar-refractivity contribution is 9.09. The minimum Gasteiger partial charge on any atom is -0.212 e. The molecule has 1 aliphatic rings. The SMILES string of the molecule is CCCS(=O)(=O)NC1CCC(Br)CC1. The van der Waals surface area contributed by atoms with Gasteiger partial charge in [0.15, 0.2) is 0 Å². The van der Waals surface area contributed by atoms with E-state index in [-0.39, 0.29) is 11.8 Å². The van der Waals surface area contributed by atoms with Crippen molar-refractivity contribution in [2.45, 2.75) is 49.9 Å². The van der Waals surface area contributed by atoms with Crippen LogP contribution in [0.5, 0.6) is 0 Å². The fourth-order valence-corrected chi connectivity index (χ4v) is 3.68. The Kier molecular flexibility index (Phi) is 4.87. The van der Waals surface area contributed by atoms with Crippen LogP contribution in [0.2, 0.25) is 0 Å². The Morgan fingerprint density at radius 3 is 2.36 bits per heavy atom. The third kappa shape index (κ3) is 4.28. The Balaban J connectivity index is 2.37. The summed E-state index contributed by atoms with van der Waals surface area (Å²) in [6, 6.07) is 0.167. The van der Waals surface area contributed by atoms with E-state index in [1.54, 1.807) is 0 Å². The van der Waals surface area contributed by atoms with Crippen LogP contribution in [-0.4, -0.2) is 25.0 Å². The molecule has 0 aromatic heterocycles. The average Bonchev–Trinajstić information content (AvgIpc) is 2.08. The molecule has 0 aromatic rings. The summed E-state index contributed by atoms with van der Waals surface area (Å²) in [7, 11) is -3.01. The van der Waals surface area contributed by atoms with E-state index < -0.39 is 10.0 Å². The average molecular weight is 284 g/mol. The van der Waals surface area contributed by atoms with E-state index in [1.807, 2.05) is 6.92 Å². The van der Waals surface area contributed by atoms with Gasteiger partial charge in [0.25, 0.3) is 0 Å². The second-order valence-electron chi connectivity index (χ2n) is 3.89. The minimum atomic E-state index is -3.01. The molecular weight excluding hydrogens is 266 g/mol. The minimum absolute atomic E-state index is 0.167. The van der Waals surface area contributed by atoms with Crippen molar-refractivity contribution in [2.75, 3.05) is 5.75 Å². The second-order valence-corrected chi connectivity index (χ2v) is 7.05. The molecule has 3 nitrogen and oxygen atoms in total. The lowest BCUT2D eigenvalue weighted by Gasteiger charge is -2.25. The summed E-state index contributed by atoms with van der Waals surface area (Å²) in [5, 5.41) is 0. The van der Waals surface area contributed by atoms with Crippen LogP contribution >= 0.6 is 15.9 Å². The summed E-state index contributed by atoms with van der Waals surface area (Å²) in [6.07, 6.45) is 4.74. The van der Waals surface area contributed by atoms with Crippen molar-refractivity contribution < 1.29 is 8.42 Å². The topological polar surface area (TPSA) is 46.2 Å². The molecule has 5 heteroatoms. The predicted octanol–water partition coefficient (Wildman–Crippen LogP) is 2.02. The van der Waals surface area contributed by atoms with Crippen LogP contribution in [0.4, 0.5) is 0 Å². The van der Waals surface area contributed by atoms with Gasteiger partial charge in [0, 0.05) is 10.9 Å². The summed E-state index contributed by atoms with van der Waals surface area (Å²) in [5.74, 6) is 0.251. The van der Waals surface area contributed by atoms with E-state index in [1.165, 1.54) is 0 Å². The van der Waals surface area contributed by atoms with Crippen LogP contribution in [0.25, 0.3) is 0 Å². The molecule has 0 aliphatic heterocycles. The van der Waals surface area contributed by atoms with Crippen LogP contribution in [-0.2, 0) is 10.0 Å². The maximum atomic E-state index is 11.5. The van der Waals surface area contributed by atoms with Crippen LogP contribution < -0.4 is 4.72 Å². The Bertz CT molecular complexity index is 258. The third-order valence-corrected chi connectivity index (χ3v) is 5.03. The first kappa shape index (κ1) is 12.5. The smallest absolute Gasteiger partial charge is 0.211 e. The monoisotopic (exact) mass is 283 g/mol. The summed E-state index contributed by atoms with van der Waals surface area (Å²) >= 11 is 3.55. The quantitative estimate of drug-likeness (QED) is 0.803. The molecule has 0 saturated heterocycles. The second kappa shape index (κ2) is 5.47. The molecule has 0 unspecified atom stereocenters. The molecule has 84 valence electrons. The van der Waals surface area contributed by atoms with Crippen molar-refractivity contribution in [3.8, 4) is 0 Å². The molecule has 0 radical (unpaired) electrons. The van der Waals surface area contributed by atoms with Crippen molar-refractivity contribution >= 4 is 26.0 Å². The van der Waals surface area contributed by atoms with Gasteiger partial charge >= 0.3 is 0 Å². The first-order chi connectivity index (χ1) is 6.53. The molecule has 1 rings (SSSR count). The Morgan fingerprint density at radius 2 is 1.86 bits per heavy atom. The number of sulfonamides is 1. The number of nitrogens with one attached hydrogen (secondary N) is 1. The van der Waals surface area contributed by atoms with Gasteiger partial charge in [0.05, 0.1) is 5.75 Å². The van der Waals surface area contributed by atoms with E-state index >= 15 is 0 Å². The Hall–Kier alpha value is 0.390. The third-order valence-electron chi connectivity index (χ3n) is 2.48. The number of rotatable bonds is 4. The van der Waals surface area contributed by atoms with E-state index in [0.717, 1.165) is 25.7 Å². The largest absolute Gasteiger partial charge is 0.212 e. The van der Waals surface area contributed by atoms with Crippen LogP contribution in [0.1, 0.15) is 39.0 Å². The number of hydrogen-bond donors (Lipinski definition) is 1. The number of alkyl halides is 1. The van der Waals surface area contributed by atoms with Gasteiger partial charge < -0.3 is 0 Å². The Morgan fingerprint density at radius 1 is 1.29 bits per heavy atom. The van der Waals surface area contributed by atoms with Crippen molar-refractivity contribution in [1.82, 2.24) is 4.72 Å². The van der Waals surface area contributed by atoms with Gasteiger partial charge in [0.2, 0.25) is 10.0 Å². The van der Waals surface area contributed by atoms with E-state index in [9.17, 15) is 8.42 Å². The number of hydrogen-bond acceptors (Lipinski definition) is 2. The molecule has 0 spiro atoms. The van der Waals surface area contributed by atoms with Gasteiger partial charge in [0.1, 0.15) is 0 Å². The van der Waals surface area contributed by atoms with Crippen LogP contribution in [0.15, 0.2) is 0 Å². The lowest BCUT2D eigenvalue weighted by molar-refractivity contribution is 0.422. The van der Waals surface area contributed by atoms with Crippen molar-refractivity contribution in [2.24, 2.45) is 0 Å². The van der Waals surface area contributed by atoms with E-state index in [4.69, 9.17) is 0 Å². The van der Waals surface area contributed by atoms with Crippen LogP contribution in [0.3, 0.4) is 0 Å². The molecule has 0 atom stereocenters. The highest BCUT2D eigenvalue weighted by atomic mass is 79.9. The molecule has 1 saturated carbocycles. The summed E-state index contributed by atoms with van der Waals surface area (Å²) in [5.41, 5.74) is 0. The lowest BCUT2D eigenvalue weighted by Crippen LogP contribution is -2.38. The zero-order valence-corrected chi connectivity index (χ0v) is 10.9.